The highest BCUT2D eigenvalue weighted by Gasteiger charge is 2.45. The number of quaternary nitrogens is 1. The first-order chi connectivity index (χ1) is 12.5. The predicted molar refractivity (Wildman–Crippen MR) is 99.3 cm³/mol. The minimum absolute atomic E-state index is 0.104. The van der Waals surface area contributed by atoms with Gasteiger partial charge in [-0.25, -0.2) is 0 Å². The van der Waals surface area contributed by atoms with E-state index in [4.69, 9.17) is 11.6 Å². The second-order valence-corrected chi connectivity index (χ2v) is 6.55. The SMILES string of the molecule is [NH3+]CCCN1C(=O)C(=O)C(=C(O)c2ccc(Cl)cc2)[C@@H]1c1ccccc1. The van der Waals surface area contributed by atoms with Gasteiger partial charge < -0.3 is 15.7 Å². The lowest BCUT2D eigenvalue weighted by Crippen LogP contribution is -2.51. The Hall–Kier alpha value is -2.63. The number of rotatable bonds is 5. The Morgan fingerprint density at radius 3 is 2.35 bits per heavy atom. The molecule has 0 aliphatic carbocycles. The molecule has 0 saturated carbocycles. The summed E-state index contributed by atoms with van der Waals surface area (Å²) < 4.78 is 0. The average molecular weight is 372 g/mol. The van der Waals surface area contributed by atoms with E-state index in [0.29, 0.717) is 30.1 Å². The van der Waals surface area contributed by atoms with Crippen molar-refractivity contribution in [2.24, 2.45) is 0 Å². The van der Waals surface area contributed by atoms with Crippen LogP contribution in [0.25, 0.3) is 5.76 Å². The third kappa shape index (κ3) is 3.36. The summed E-state index contributed by atoms with van der Waals surface area (Å²) in [5.41, 5.74) is 5.14. The Kier molecular flexibility index (Phi) is 5.40. The minimum Gasteiger partial charge on any atom is -0.507 e. The summed E-state index contributed by atoms with van der Waals surface area (Å²) in [4.78, 5) is 26.8. The number of aliphatic hydroxyl groups excluding tert-OH is 1. The van der Waals surface area contributed by atoms with Crippen LogP contribution in [-0.2, 0) is 9.59 Å². The molecule has 134 valence electrons. The second-order valence-electron chi connectivity index (χ2n) is 6.12. The van der Waals surface area contributed by atoms with E-state index < -0.39 is 17.7 Å². The number of hydrogen-bond acceptors (Lipinski definition) is 3. The predicted octanol–water partition coefficient (Wildman–Crippen LogP) is 2.39. The van der Waals surface area contributed by atoms with Gasteiger partial charge in [0.05, 0.1) is 18.2 Å². The van der Waals surface area contributed by atoms with Crippen molar-refractivity contribution in [3.63, 3.8) is 0 Å². The van der Waals surface area contributed by atoms with Crippen molar-refractivity contribution < 1.29 is 20.4 Å². The van der Waals surface area contributed by atoms with E-state index in [9.17, 15) is 14.7 Å². The Morgan fingerprint density at radius 1 is 1.08 bits per heavy atom. The van der Waals surface area contributed by atoms with E-state index in [1.807, 2.05) is 30.3 Å². The summed E-state index contributed by atoms with van der Waals surface area (Å²) >= 11 is 5.90. The number of nitrogens with zero attached hydrogens (tertiary/aromatic N) is 1. The van der Waals surface area contributed by atoms with Gasteiger partial charge in [-0.3, -0.25) is 9.59 Å². The number of aliphatic hydroxyl groups is 1. The molecule has 0 aromatic heterocycles. The summed E-state index contributed by atoms with van der Waals surface area (Å²) in [6.07, 6.45) is 0.678. The van der Waals surface area contributed by atoms with E-state index in [0.717, 1.165) is 5.56 Å². The van der Waals surface area contributed by atoms with Crippen LogP contribution in [0.4, 0.5) is 0 Å². The van der Waals surface area contributed by atoms with Crippen LogP contribution in [0.1, 0.15) is 23.6 Å². The molecular weight excluding hydrogens is 352 g/mol. The van der Waals surface area contributed by atoms with Crippen molar-refractivity contribution in [3.8, 4) is 0 Å². The number of halogens is 1. The molecule has 0 radical (unpaired) electrons. The van der Waals surface area contributed by atoms with Gasteiger partial charge >= 0.3 is 0 Å². The van der Waals surface area contributed by atoms with Crippen molar-refractivity contribution in [2.45, 2.75) is 12.5 Å². The van der Waals surface area contributed by atoms with Gasteiger partial charge in [-0.05, 0) is 29.8 Å². The first kappa shape index (κ1) is 18.2. The number of ketones is 1. The number of amides is 1. The molecule has 0 unspecified atom stereocenters. The van der Waals surface area contributed by atoms with Crippen molar-refractivity contribution in [1.29, 1.82) is 0 Å². The van der Waals surface area contributed by atoms with Gasteiger partial charge in [0.15, 0.2) is 0 Å². The van der Waals surface area contributed by atoms with Crippen molar-refractivity contribution in [2.75, 3.05) is 13.1 Å². The van der Waals surface area contributed by atoms with Crippen LogP contribution < -0.4 is 5.73 Å². The smallest absolute Gasteiger partial charge is 0.295 e. The van der Waals surface area contributed by atoms with Crippen LogP contribution in [0.15, 0.2) is 60.2 Å². The second kappa shape index (κ2) is 7.72. The number of benzene rings is 2. The molecule has 1 atom stereocenters. The fourth-order valence-corrected chi connectivity index (χ4v) is 3.26. The normalized spacial score (nSPS) is 19.2. The van der Waals surface area contributed by atoms with Gasteiger partial charge in [0.2, 0.25) is 0 Å². The fraction of sp³-hybridized carbons (Fsp3) is 0.200. The molecule has 2 aromatic rings. The van der Waals surface area contributed by atoms with Crippen LogP contribution in [-0.4, -0.2) is 34.8 Å². The zero-order valence-corrected chi connectivity index (χ0v) is 14.9. The van der Waals surface area contributed by atoms with Crippen molar-refractivity contribution >= 4 is 29.1 Å². The van der Waals surface area contributed by atoms with E-state index >= 15 is 0 Å². The van der Waals surface area contributed by atoms with Crippen LogP contribution >= 0.6 is 11.6 Å². The maximum absolute atomic E-state index is 12.7. The largest absolute Gasteiger partial charge is 0.507 e. The molecule has 1 amide bonds. The van der Waals surface area contributed by atoms with E-state index in [-0.39, 0.29) is 11.3 Å². The van der Waals surface area contributed by atoms with E-state index in [2.05, 4.69) is 5.73 Å². The van der Waals surface area contributed by atoms with Gasteiger partial charge in [0.25, 0.3) is 11.7 Å². The molecule has 1 heterocycles. The van der Waals surface area contributed by atoms with Crippen LogP contribution in [0.2, 0.25) is 5.02 Å². The molecule has 6 heteroatoms. The molecule has 5 nitrogen and oxygen atoms in total. The first-order valence-electron chi connectivity index (χ1n) is 8.43. The zero-order chi connectivity index (χ0) is 18.7. The highest BCUT2D eigenvalue weighted by atomic mass is 35.5. The van der Waals surface area contributed by atoms with Gasteiger partial charge in [-0.15, -0.1) is 0 Å². The molecule has 4 N–H and O–H groups in total. The Balaban J connectivity index is 2.14. The molecule has 1 fully saturated rings. The zero-order valence-electron chi connectivity index (χ0n) is 14.2. The number of carbonyl (C=O) groups excluding carboxylic acids is 2. The lowest BCUT2D eigenvalue weighted by Gasteiger charge is -2.24. The highest BCUT2D eigenvalue weighted by molar-refractivity contribution is 6.46. The number of likely N-dealkylation sites (tertiary alicyclic amines) is 1. The van der Waals surface area contributed by atoms with Crippen LogP contribution in [0.3, 0.4) is 0 Å². The summed E-state index contributed by atoms with van der Waals surface area (Å²) in [7, 11) is 0. The standard InChI is InChI=1S/C20H19ClN2O3/c21-15-9-7-14(8-10-15)18(24)16-17(13-5-2-1-3-6-13)23(12-4-11-22)20(26)19(16)25/h1-3,5-10,17,24H,4,11-12,22H2/p+1/t17-/m0/s1. The van der Waals surface area contributed by atoms with Crippen LogP contribution in [0.5, 0.6) is 0 Å². The molecular formula is C20H20ClN2O3+. The number of carbonyl (C=O) groups is 2. The molecule has 0 spiro atoms. The Bertz CT molecular complexity index is 847. The number of hydrogen-bond donors (Lipinski definition) is 2. The monoisotopic (exact) mass is 371 g/mol. The first-order valence-corrected chi connectivity index (χ1v) is 8.81. The minimum atomic E-state index is -0.671. The molecule has 3 rings (SSSR count). The Labute approximate surface area is 156 Å². The fourth-order valence-electron chi connectivity index (χ4n) is 3.14. The van der Waals surface area contributed by atoms with Gasteiger partial charge in [-0.1, -0.05) is 41.9 Å². The van der Waals surface area contributed by atoms with Crippen LogP contribution in [0, 0.1) is 0 Å². The maximum Gasteiger partial charge on any atom is 0.295 e. The molecule has 1 aliphatic rings. The van der Waals surface area contributed by atoms with Gasteiger partial charge in [-0.2, -0.15) is 0 Å². The van der Waals surface area contributed by atoms with Crippen molar-refractivity contribution in [3.05, 3.63) is 76.3 Å². The summed E-state index contributed by atoms with van der Waals surface area (Å²) in [6.45, 7) is 1.06. The molecule has 0 bridgehead atoms. The molecule has 1 saturated heterocycles. The topological polar surface area (TPSA) is 85.3 Å². The summed E-state index contributed by atoms with van der Waals surface area (Å²) in [6, 6.07) is 15.2. The lowest BCUT2D eigenvalue weighted by atomic mass is 9.95. The van der Waals surface area contributed by atoms with Gasteiger partial charge in [0.1, 0.15) is 5.76 Å². The lowest BCUT2D eigenvalue weighted by molar-refractivity contribution is -0.368. The number of Topliss-reactive ketones (excluding diaryl/α,β-unsaturated/α-hetero) is 1. The summed E-state index contributed by atoms with van der Waals surface area (Å²) in [5, 5.41) is 11.3. The third-order valence-electron chi connectivity index (χ3n) is 4.42. The average Bonchev–Trinajstić information content (AvgIpc) is 2.91. The van der Waals surface area contributed by atoms with Crippen molar-refractivity contribution in [1.82, 2.24) is 4.90 Å². The quantitative estimate of drug-likeness (QED) is 0.480. The molecule has 2 aromatic carbocycles. The highest BCUT2D eigenvalue weighted by Crippen LogP contribution is 2.39. The molecule has 1 aliphatic heterocycles. The van der Waals surface area contributed by atoms with E-state index in [1.54, 1.807) is 24.3 Å². The maximum atomic E-state index is 12.7. The van der Waals surface area contributed by atoms with Gasteiger partial charge in [0, 0.05) is 23.6 Å². The molecule has 26 heavy (non-hydrogen) atoms. The third-order valence-corrected chi connectivity index (χ3v) is 4.67. The summed E-state index contributed by atoms with van der Waals surface area (Å²) in [5.74, 6) is -1.45. The van der Waals surface area contributed by atoms with E-state index in [1.165, 1.54) is 4.90 Å². The Morgan fingerprint density at radius 2 is 1.73 bits per heavy atom.